The van der Waals surface area contributed by atoms with Gasteiger partial charge in [0.25, 0.3) is 5.91 Å². The summed E-state index contributed by atoms with van der Waals surface area (Å²) in [6.45, 7) is 2.59. The van der Waals surface area contributed by atoms with Crippen molar-refractivity contribution >= 4 is 21.6 Å². The third-order valence-corrected chi connectivity index (χ3v) is 6.33. The van der Waals surface area contributed by atoms with E-state index in [4.69, 9.17) is 9.47 Å². The molecule has 2 aromatic rings. The number of nitrogens with one attached hydrogen (secondary N) is 1. The molecule has 150 valence electrons. The average Bonchev–Trinajstić information content (AvgIpc) is 2.71. The minimum absolute atomic E-state index is 0.109. The molecule has 0 aliphatic carbocycles. The highest BCUT2D eigenvalue weighted by molar-refractivity contribution is 7.89. The maximum absolute atomic E-state index is 12.5. The van der Waals surface area contributed by atoms with E-state index < -0.39 is 16.1 Å². The summed E-state index contributed by atoms with van der Waals surface area (Å²) < 4.78 is 37.6. The van der Waals surface area contributed by atoms with E-state index in [0.29, 0.717) is 23.7 Å². The Morgan fingerprint density at radius 1 is 1.14 bits per heavy atom. The van der Waals surface area contributed by atoms with Gasteiger partial charge < -0.3 is 14.8 Å². The number of carbonyl (C=O) groups excluding carboxylic acids is 1. The molecule has 2 aromatic carbocycles. The Labute approximate surface area is 165 Å². The van der Waals surface area contributed by atoms with E-state index in [0.717, 1.165) is 12.8 Å². The van der Waals surface area contributed by atoms with E-state index in [1.807, 2.05) is 13.0 Å². The molecule has 0 aromatic heterocycles. The molecule has 0 fully saturated rings. The van der Waals surface area contributed by atoms with Crippen molar-refractivity contribution in [3.05, 3.63) is 48.5 Å². The fraction of sp³-hybridized carbons (Fsp3) is 0.350. The molecule has 7 nitrogen and oxygen atoms in total. The Morgan fingerprint density at radius 2 is 1.82 bits per heavy atom. The first kappa shape index (κ1) is 20.2. The summed E-state index contributed by atoms with van der Waals surface area (Å²) in [5.74, 6) is 0.768. The van der Waals surface area contributed by atoms with Crippen LogP contribution >= 0.6 is 0 Å². The van der Waals surface area contributed by atoms with Crippen LogP contribution in [0.25, 0.3) is 0 Å². The van der Waals surface area contributed by atoms with Crippen LogP contribution in [0.3, 0.4) is 0 Å². The molecule has 1 aliphatic rings. The van der Waals surface area contributed by atoms with E-state index in [1.165, 1.54) is 16.4 Å². The lowest BCUT2D eigenvalue weighted by molar-refractivity contribution is -0.125. The third-order valence-electron chi connectivity index (χ3n) is 4.46. The van der Waals surface area contributed by atoms with Crippen molar-refractivity contribution in [2.45, 2.75) is 30.8 Å². The van der Waals surface area contributed by atoms with Gasteiger partial charge >= 0.3 is 0 Å². The maximum atomic E-state index is 12.5. The average molecular weight is 404 g/mol. The van der Waals surface area contributed by atoms with Gasteiger partial charge in [0, 0.05) is 19.3 Å². The molecule has 1 N–H and O–H groups in total. The Hall–Kier alpha value is -2.58. The Bertz CT molecular complexity index is 928. The van der Waals surface area contributed by atoms with Crippen LogP contribution in [0.1, 0.15) is 19.8 Å². The molecule has 0 spiro atoms. The number of amides is 1. The highest BCUT2D eigenvalue weighted by atomic mass is 32.2. The summed E-state index contributed by atoms with van der Waals surface area (Å²) in [7, 11) is -1.97. The number of benzene rings is 2. The maximum Gasteiger partial charge on any atom is 0.269 e. The predicted molar refractivity (Wildman–Crippen MR) is 106 cm³/mol. The number of rotatable bonds is 7. The lowest BCUT2D eigenvalue weighted by Gasteiger charge is -2.25. The zero-order valence-electron chi connectivity index (χ0n) is 15.9. The number of unbranched alkanes of at least 4 members (excludes halogenated alkanes) is 1. The number of sulfonamides is 1. The summed E-state index contributed by atoms with van der Waals surface area (Å²) in [4.78, 5) is 12.6. The first-order valence-corrected chi connectivity index (χ1v) is 10.6. The second kappa shape index (κ2) is 8.62. The molecule has 8 heteroatoms. The number of nitrogens with zero attached hydrogens (tertiary/aromatic N) is 1. The van der Waals surface area contributed by atoms with Crippen molar-refractivity contribution in [1.82, 2.24) is 4.31 Å². The number of fused-ring (bicyclic) bond motifs is 1. The molecule has 0 saturated carbocycles. The molecular formula is C20H24N2O5S. The number of hydrogen-bond acceptors (Lipinski definition) is 5. The van der Waals surface area contributed by atoms with Crippen LogP contribution in [0.5, 0.6) is 11.5 Å². The minimum atomic E-state index is -3.53. The van der Waals surface area contributed by atoms with Crippen LogP contribution in [0, 0.1) is 0 Å². The van der Waals surface area contributed by atoms with Gasteiger partial charge in [-0.15, -0.1) is 0 Å². The minimum Gasteiger partial charge on any atom is -0.485 e. The van der Waals surface area contributed by atoms with Crippen molar-refractivity contribution < 1.29 is 22.7 Å². The van der Waals surface area contributed by atoms with E-state index in [2.05, 4.69) is 5.32 Å². The Balaban J connectivity index is 1.64. The lowest BCUT2D eigenvalue weighted by atomic mass is 10.2. The van der Waals surface area contributed by atoms with Crippen molar-refractivity contribution in [3.8, 4) is 11.5 Å². The lowest BCUT2D eigenvalue weighted by Crippen LogP contribution is -2.40. The van der Waals surface area contributed by atoms with Gasteiger partial charge in [0.2, 0.25) is 16.1 Å². The first-order chi connectivity index (χ1) is 13.4. The summed E-state index contributed by atoms with van der Waals surface area (Å²) in [5.41, 5.74) is 0.489. The van der Waals surface area contributed by atoms with Gasteiger partial charge in [-0.2, -0.15) is 0 Å². The molecule has 0 saturated heterocycles. The predicted octanol–water partition coefficient (Wildman–Crippen LogP) is 2.89. The van der Waals surface area contributed by atoms with E-state index in [-0.39, 0.29) is 17.4 Å². The normalized spacial score (nSPS) is 16.0. The van der Waals surface area contributed by atoms with Crippen LogP contribution in [0.2, 0.25) is 0 Å². The molecular weight excluding hydrogens is 380 g/mol. The number of hydrogen-bond donors (Lipinski definition) is 1. The summed E-state index contributed by atoms with van der Waals surface area (Å²) >= 11 is 0. The standard InChI is InChI=1S/C20H24N2O5S/c1-3-4-13-22(2)28(24,25)16-11-9-15(10-12-16)21-20(23)19-14-26-17-7-5-6-8-18(17)27-19/h5-12,19H,3-4,13-14H2,1-2H3,(H,21,23)/t19-/m1/s1. The number of anilines is 1. The van der Waals surface area contributed by atoms with Gasteiger partial charge in [-0.3, -0.25) is 4.79 Å². The second-order valence-corrected chi connectivity index (χ2v) is 8.60. The highest BCUT2D eigenvalue weighted by Gasteiger charge is 2.27. The smallest absolute Gasteiger partial charge is 0.269 e. The molecule has 1 aliphatic heterocycles. The zero-order chi connectivity index (χ0) is 20.1. The molecule has 0 unspecified atom stereocenters. The van der Waals surface area contributed by atoms with Crippen LogP contribution < -0.4 is 14.8 Å². The monoisotopic (exact) mass is 404 g/mol. The van der Waals surface area contributed by atoms with Crippen LogP contribution in [0.4, 0.5) is 5.69 Å². The van der Waals surface area contributed by atoms with Gasteiger partial charge in [0.05, 0.1) is 4.90 Å². The first-order valence-electron chi connectivity index (χ1n) is 9.17. The summed E-state index contributed by atoms with van der Waals surface area (Å²) in [6.07, 6.45) is 0.942. The van der Waals surface area contributed by atoms with Crippen molar-refractivity contribution in [3.63, 3.8) is 0 Å². The van der Waals surface area contributed by atoms with Crippen LogP contribution in [-0.2, 0) is 14.8 Å². The quantitative estimate of drug-likeness (QED) is 0.767. The fourth-order valence-corrected chi connectivity index (χ4v) is 3.97. The van der Waals surface area contributed by atoms with Crippen molar-refractivity contribution in [1.29, 1.82) is 0 Å². The molecule has 0 radical (unpaired) electrons. The van der Waals surface area contributed by atoms with Gasteiger partial charge in [0.15, 0.2) is 11.5 Å². The molecule has 1 amide bonds. The largest absolute Gasteiger partial charge is 0.485 e. The van der Waals surface area contributed by atoms with Gasteiger partial charge in [-0.25, -0.2) is 12.7 Å². The van der Waals surface area contributed by atoms with Crippen molar-refractivity contribution in [2.75, 3.05) is 25.5 Å². The molecule has 28 heavy (non-hydrogen) atoms. The highest BCUT2D eigenvalue weighted by Crippen LogP contribution is 2.31. The van der Waals surface area contributed by atoms with E-state index in [1.54, 1.807) is 37.4 Å². The van der Waals surface area contributed by atoms with Crippen molar-refractivity contribution in [2.24, 2.45) is 0 Å². The summed E-state index contributed by atoms with van der Waals surface area (Å²) in [6, 6.07) is 13.3. The SMILES string of the molecule is CCCCN(C)S(=O)(=O)c1ccc(NC(=O)[C@H]2COc3ccccc3O2)cc1. The Morgan fingerprint density at radius 3 is 2.50 bits per heavy atom. The van der Waals surface area contributed by atoms with Crippen LogP contribution in [-0.4, -0.2) is 44.9 Å². The molecule has 0 bridgehead atoms. The molecule has 1 atom stereocenters. The molecule has 1 heterocycles. The van der Waals surface area contributed by atoms with Gasteiger partial charge in [0.1, 0.15) is 6.61 Å². The summed E-state index contributed by atoms with van der Waals surface area (Å²) in [5, 5.41) is 2.73. The molecule has 3 rings (SSSR count). The van der Waals surface area contributed by atoms with E-state index in [9.17, 15) is 13.2 Å². The number of carbonyl (C=O) groups is 1. The second-order valence-electron chi connectivity index (χ2n) is 6.56. The van der Waals surface area contributed by atoms with Gasteiger partial charge in [-0.1, -0.05) is 25.5 Å². The van der Waals surface area contributed by atoms with Crippen LogP contribution in [0.15, 0.2) is 53.4 Å². The Kier molecular flexibility index (Phi) is 6.21. The zero-order valence-corrected chi connectivity index (χ0v) is 16.7. The van der Waals surface area contributed by atoms with Gasteiger partial charge in [-0.05, 0) is 42.8 Å². The van der Waals surface area contributed by atoms with E-state index >= 15 is 0 Å². The number of ether oxygens (including phenoxy) is 2. The third kappa shape index (κ3) is 4.45. The fourth-order valence-electron chi connectivity index (χ4n) is 2.76. The topological polar surface area (TPSA) is 84.9 Å². The number of para-hydroxylation sites is 2.